The Bertz CT molecular complexity index is 4700. The molecule has 1 atom stereocenters. The number of furan rings is 1. The number of aromatic nitrogens is 1. The SMILES string of the molecule is [2H]c1c([2H])c([2H])c(-c2c([2H])c([2H])c([2H])c([2H])c2C(c2c([2H])c([2H])c([2H])c([2H])c2[2H])c2ccc3c4c2c2cc(C(C)(C)C)ccc2n4B2c4oc5c(C(C)(C)C)cc(C(C)(C)C)cc5c4N(c4ccc(C(C)(C)C)cc4)c4cc(C(C)(C)C)cc-3c42)c([2H])c1[2H]. The summed E-state index contributed by atoms with van der Waals surface area (Å²) in [5.41, 5.74) is 10.6. The van der Waals surface area contributed by atoms with Crippen LogP contribution in [0.5, 0.6) is 0 Å². The lowest BCUT2D eigenvalue weighted by molar-refractivity contribution is 0.557. The molecule has 75 heavy (non-hydrogen) atoms. The fourth-order valence-corrected chi connectivity index (χ4v) is 11.6. The summed E-state index contributed by atoms with van der Waals surface area (Å²) >= 11 is 0. The molecule has 3 nitrogen and oxygen atoms in total. The van der Waals surface area contributed by atoms with E-state index >= 15 is 0 Å². The van der Waals surface area contributed by atoms with Crippen LogP contribution in [0, 0.1) is 0 Å². The third-order valence-electron chi connectivity index (χ3n) is 15.7. The molecule has 376 valence electrons. The van der Waals surface area contributed by atoms with Gasteiger partial charge in [-0.2, -0.15) is 0 Å². The Kier molecular flexibility index (Phi) is 7.87. The van der Waals surface area contributed by atoms with Gasteiger partial charge in [0.1, 0.15) is 11.2 Å². The summed E-state index contributed by atoms with van der Waals surface area (Å²) < 4.78 is 140. The fourth-order valence-electron chi connectivity index (χ4n) is 11.6. The molecule has 4 heteroatoms. The van der Waals surface area contributed by atoms with Crippen LogP contribution >= 0.6 is 0 Å². The molecule has 0 bridgehead atoms. The summed E-state index contributed by atoms with van der Waals surface area (Å²) in [6.45, 7) is 32.1. The molecule has 0 fully saturated rings. The zero-order valence-electron chi connectivity index (χ0n) is 60.0. The Balaban J connectivity index is 1.34. The standard InChI is InChI=1S/C71H73BN2O/c1-67(2,3)45-30-33-49(34-31-45)73-59-42-48(70(10,11)12)39-54-52-35-36-53(60(44-26-20-17-21-27-44)51-29-23-22-28-50(51)43-24-18-16-19-25-43)61-55-38-46(68(4,5)6)32-37-58(55)74(63(52)61)72(62(54)59)66-64(73)56-40-47(69(7,8)9)41-57(65(56)75-66)71(13,14)15/h16-42,60H,1-15H3/i16D,17D,18D,19D,20D,21D,22D,23D,24D,25D,26D,27D,28D,29D. The quantitative estimate of drug-likeness (QED) is 0.127. The monoisotopic (exact) mass is 995 g/mol. The first-order valence-electron chi connectivity index (χ1n) is 33.3. The van der Waals surface area contributed by atoms with Crippen molar-refractivity contribution in [2.24, 2.45) is 0 Å². The van der Waals surface area contributed by atoms with Crippen molar-refractivity contribution >= 4 is 67.8 Å². The summed E-state index contributed by atoms with van der Waals surface area (Å²) in [5.74, 6) is -1.69. The summed E-state index contributed by atoms with van der Waals surface area (Å²) in [6.07, 6.45) is 0. The zero-order chi connectivity index (χ0) is 65.1. The minimum Gasteiger partial charge on any atom is -0.466 e. The van der Waals surface area contributed by atoms with Gasteiger partial charge < -0.3 is 13.8 Å². The third kappa shape index (κ3) is 7.83. The fraction of sp³-hybridized carbons (Fsp3) is 0.296. The predicted octanol–water partition coefficient (Wildman–Crippen LogP) is 18.3. The Labute approximate surface area is 466 Å². The number of fused-ring (bicyclic) bond motifs is 9. The summed E-state index contributed by atoms with van der Waals surface area (Å²) in [5, 5.41) is 2.18. The Morgan fingerprint density at radius 2 is 1.08 bits per heavy atom. The topological polar surface area (TPSA) is 21.3 Å². The molecule has 0 saturated heterocycles. The van der Waals surface area contributed by atoms with Gasteiger partial charge in [-0.15, -0.1) is 0 Å². The van der Waals surface area contributed by atoms with Crippen LogP contribution in [0.25, 0.3) is 55.0 Å². The Morgan fingerprint density at radius 1 is 0.493 bits per heavy atom. The highest BCUT2D eigenvalue weighted by atomic mass is 16.3. The molecule has 0 saturated carbocycles. The average Bonchev–Trinajstić information content (AvgIpc) is 1.58. The van der Waals surface area contributed by atoms with Gasteiger partial charge in [0.25, 0.3) is 0 Å². The first-order valence-corrected chi connectivity index (χ1v) is 26.3. The minimum absolute atomic E-state index is 0.132. The van der Waals surface area contributed by atoms with Crippen LogP contribution in [0.1, 0.15) is 173 Å². The van der Waals surface area contributed by atoms with Crippen molar-refractivity contribution in [3.05, 3.63) is 208 Å². The van der Waals surface area contributed by atoms with Crippen molar-refractivity contribution in [2.45, 2.75) is 137 Å². The van der Waals surface area contributed by atoms with E-state index in [9.17, 15) is 12.3 Å². The molecule has 0 amide bonds. The van der Waals surface area contributed by atoms with Gasteiger partial charge in [-0.05, 0) is 125 Å². The lowest BCUT2D eigenvalue weighted by Gasteiger charge is -2.40. The second kappa shape index (κ2) is 16.7. The number of benzene rings is 8. The zero-order valence-corrected chi connectivity index (χ0v) is 46.0. The van der Waals surface area contributed by atoms with E-state index in [4.69, 9.17) is 11.3 Å². The third-order valence-corrected chi connectivity index (χ3v) is 15.7. The average molecular weight is 995 g/mol. The molecule has 0 aliphatic carbocycles. The van der Waals surface area contributed by atoms with Crippen LogP contribution in [0.2, 0.25) is 0 Å². The summed E-state index contributed by atoms with van der Waals surface area (Å²) in [7, 11) is 0. The van der Waals surface area contributed by atoms with Gasteiger partial charge in [0.2, 0.25) is 0 Å². The van der Waals surface area contributed by atoms with Gasteiger partial charge in [0, 0.05) is 55.6 Å². The molecular formula is C71H73BN2O. The van der Waals surface area contributed by atoms with Gasteiger partial charge >= 0.3 is 6.85 Å². The van der Waals surface area contributed by atoms with Gasteiger partial charge in [-0.25, -0.2) is 0 Å². The normalized spacial score (nSPS) is 16.8. The van der Waals surface area contributed by atoms with Crippen molar-refractivity contribution in [1.29, 1.82) is 0 Å². The molecule has 0 spiro atoms. The first-order chi connectivity index (χ1) is 41.2. The van der Waals surface area contributed by atoms with E-state index in [1.807, 2.05) is 12.1 Å². The maximum atomic E-state index is 10.0. The van der Waals surface area contributed by atoms with Crippen LogP contribution in [0.15, 0.2) is 168 Å². The predicted molar refractivity (Wildman–Crippen MR) is 323 cm³/mol. The van der Waals surface area contributed by atoms with E-state index in [1.165, 1.54) is 5.56 Å². The van der Waals surface area contributed by atoms with Crippen molar-refractivity contribution in [2.75, 3.05) is 4.90 Å². The van der Waals surface area contributed by atoms with Crippen LogP contribution in [0.3, 0.4) is 0 Å². The maximum Gasteiger partial charge on any atom is 0.375 e. The van der Waals surface area contributed by atoms with E-state index in [1.54, 1.807) is 0 Å². The molecule has 4 heterocycles. The maximum absolute atomic E-state index is 10.0. The van der Waals surface area contributed by atoms with Crippen molar-refractivity contribution in [1.82, 2.24) is 4.48 Å². The molecule has 12 rings (SSSR count). The number of nitrogens with zero attached hydrogens (tertiary/aromatic N) is 2. The Hall–Kier alpha value is -7.04. The van der Waals surface area contributed by atoms with Gasteiger partial charge in [-0.1, -0.05) is 231 Å². The number of hydrogen-bond acceptors (Lipinski definition) is 2. The van der Waals surface area contributed by atoms with E-state index in [0.29, 0.717) is 21.9 Å². The van der Waals surface area contributed by atoms with Crippen molar-refractivity contribution in [3.8, 4) is 22.3 Å². The minimum atomic E-state index is -1.69. The van der Waals surface area contributed by atoms with Crippen molar-refractivity contribution in [3.63, 3.8) is 0 Å². The van der Waals surface area contributed by atoms with Crippen LogP contribution in [-0.2, 0) is 27.1 Å². The first kappa shape index (κ1) is 35.3. The second-order valence-electron chi connectivity index (χ2n) is 26.0. The largest absolute Gasteiger partial charge is 0.466 e. The summed E-state index contributed by atoms with van der Waals surface area (Å²) in [4.78, 5) is 2.38. The smallest absolute Gasteiger partial charge is 0.375 e. The summed E-state index contributed by atoms with van der Waals surface area (Å²) in [6, 6.07) is 18.1. The molecule has 2 aromatic heterocycles. The van der Waals surface area contributed by atoms with Crippen LogP contribution in [-0.4, -0.2) is 11.3 Å². The van der Waals surface area contributed by atoms with E-state index in [0.717, 1.165) is 72.4 Å². The van der Waals surface area contributed by atoms with Crippen molar-refractivity contribution < 1.29 is 23.6 Å². The molecule has 10 aromatic rings. The molecule has 1 unspecified atom stereocenters. The van der Waals surface area contributed by atoms with E-state index in [2.05, 4.69) is 180 Å². The highest BCUT2D eigenvalue weighted by Crippen LogP contribution is 2.53. The second-order valence-corrected chi connectivity index (χ2v) is 26.0. The molecule has 8 aromatic carbocycles. The molecule has 2 aliphatic rings. The number of rotatable bonds is 5. The molecular weight excluding hydrogens is 908 g/mol. The lowest BCUT2D eigenvalue weighted by Crippen LogP contribution is -2.56. The number of hydrogen-bond donors (Lipinski definition) is 0. The van der Waals surface area contributed by atoms with Gasteiger partial charge in [0.05, 0.1) is 24.9 Å². The highest BCUT2D eigenvalue weighted by molar-refractivity contribution is 6.89. The van der Waals surface area contributed by atoms with Gasteiger partial charge in [0.15, 0.2) is 0 Å². The van der Waals surface area contributed by atoms with E-state index in [-0.39, 0.29) is 32.9 Å². The van der Waals surface area contributed by atoms with Crippen LogP contribution in [0.4, 0.5) is 17.1 Å². The number of anilines is 3. The van der Waals surface area contributed by atoms with E-state index < -0.39 is 119 Å². The lowest BCUT2D eigenvalue weighted by atomic mass is 9.47. The molecule has 2 aliphatic heterocycles. The van der Waals surface area contributed by atoms with Crippen LogP contribution < -0.4 is 16.0 Å². The molecule has 0 radical (unpaired) electrons. The Morgan fingerprint density at radius 3 is 1.72 bits per heavy atom. The van der Waals surface area contributed by atoms with Gasteiger partial charge in [-0.3, -0.25) is 0 Å². The molecule has 0 N–H and O–H groups in total. The highest BCUT2D eigenvalue weighted by Gasteiger charge is 2.48.